The molecule has 0 aliphatic carbocycles. The molecule has 3 heterocycles. The van der Waals surface area contributed by atoms with Crippen molar-refractivity contribution in [2.45, 2.75) is 38.3 Å². The SMILES string of the molecule is c1coc(C2CCCCCN2CCn2cncn2)c1. The van der Waals surface area contributed by atoms with Crippen LogP contribution in [0, 0.1) is 0 Å². The molecule has 5 heteroatoms. The van der Waals surface area contributed by atoms with E-state index in [1.54, 1.807) is 18.9 Å². The number of nitrogens with zero attached hydrogens (tertiary/aromatic N) is 4. The average Bonchev–Trinajstić information content (AvgIpc) is 3.08. The summed E-state index contributed by atoms with van der Waals surface area (Å²) in [7, 11) is 0. The topological polar surface area (TPSA) is 47.1 Å². The van der Waals surface area contributed by atoms with Crippen molar-refractivity contribution in [1.29, 1.82) is 0 Å². The molecule has 0 aromatic carbocycles. The highest BCUT2D eigenvalue weighted by molar-refractivity contribution is 5.05. The Bertz CT molecular complexity index is 466. The first-order chi connectivity index (χ1) is 9.43. The molecule has 0 saturated carbocycles. The zero-order valence-electron chi connectivity index (χ0n) is 11.1. The van der Waals surface area contributed by atoms with Crippen LogP contribution in [0.3, 0.4) is 0 Å². The van der Waals surface area contributed by atoms with Crippen LogP contribution in [0.25, 0.3) is 0 Å². The maximum Gasteiger partial charge on any atom is 0.137 e. The van der Waals surface area contributed by atoms with E-state index in [2.05, 4.69) is 21.0 Å². The van der Waals surface area contributed by atoms with Crippen molar-refractivity contribution < 1.29 is 4.42 Å². The summed E-state index contributed by atoms with van der Waals surface area (Å²) in [6.45, 7) is 3.02. The van der Waals surface area contributed by atoms with Crippen molar-refractivity contribution in [2.24, 2.45) is 0 Å². The molecule has 0 amide bonds. The molecule has 2 aromatic rings. The molecule has 5 nitrogen and oxygen atoms in total. The molecule has 102 valence electrons. The minimum atomic E-state index is 0.418. The van der Waals surface area contributed by atoms with Gasteiger partial charge in [-0.2, -0.15) is 5.10 Å². The zero-order valence-corrected chi connectivity index (χ0v) is 11.1. The average molecular weight is 260 g/mol. The van der Waals surface area contributed by atoms with Crippen LogP contribution in [0.5, 0.6) is 0 Å². The van der Waals surface area contributed by atoms with Crippen LogP contribution in [0.4, 0.5) is 0 Å². The second kappa shape index (κ2) is 6.02. The molecule has 3 rings (SSSR count). The van der Waals surface area contributed by atoms with Crippen molar-refractivity contribution in [2.75, 3.05) is 13.1 Å². The molecule has 1 aliphatic heterocycles. The number of furan rings is 1. The molecule has 1 atom stereocenters. The third-order valence-electron chi connectivity index (χ3n) is 3.82. The molecule has 0 N–H and O–H groups in total. The van der Waals surface area contributed by atoms with Gasteiger partial charge in [-0.05, 0) is 31.5 Å². The van der Waals surface area contributed by atoms with Gasteiger partial charge in [0.15, 0.2) is 0 Å². The Balaban J connectivity index is 1.68. The minimum absolute atomic E-state index is 0.418. The number of aromatic nitrogens is 3. The predicted octanol–water partition coefficient (Wildman–Crippen LogP) is 2.49. The molecule has 1 saturated heterocycles. The van der Waals surface area contributed by atoms with E-state index in [-0.39, 0.29) is 0 Å². The third-order valence-corrected chi connectivity index (χ3v) is 3.82. The summed E-state index contributed by atoms with van der Waals surface area (Å²) in [5.41, 5.74) is 0. The largest absolute Gasteiger partial charge is 0.468 e. The second-order valence-electron chi connectivity index (χ2n) is 5.08. The molecule has 1 fully saturated rings. The summed E-state index contributed by atoms with van der Waals surface area (Å²) in [4.78, 5) is 6.51. The fraction of sp³-hybridized carbons (Fsp3) is 0.571. The maximum absolute atomic E-state index is 5.62. The fourth-order valence-corrected chi connectivity index (χ4v) is 2.82. The van der Waals surface area contributed by atoms with Gasteiger partial charge in [-0.3, -0.25) is 9.58 Å². The Kier molecular flexibility index (Phi) is 3.93. The summed E-state index contributed by atoms with van der Waals surface area (Å²) < 4.78 is 7.51. The van der Waals surface area contributed by atoms with E-state index < -0.39 is 0 Å². The van der Waals surface area contributed by atoms with E-state index in [0.29, 0.717) is 6.04 Å². The lowest BCUT2D eigenvalue weighted by molar-refractivity contribution is 0.169. The normalized spacial score (nSPS) is 21.4. The fourth-order valence-electron chi connectivity index (χ4n) is 2.82. The lowest BCUT2D eigenvalue weighted by atomic mass is 10.1. The summed E-state index contributed by atoms with van der Waals surface area (Å²) in [6.07, 6.45) is 10.2. The molecule has 19 heavy (non-hydrogen) atoms. The number of rotatable bonds is 4. The molecule has 0 radical (unpaired) electrons. The predicted molar refractivity (Wildman–Crippen MR) is 71.5 cm³/mol. The molecular formula is C14H20N4O. The maximum atomic E-state index is 5.62. The third kappa shape index (κ3) is 3.04. The Morgan fingerprint density at radius 1 is 1.26 bits per heavy atom. The summed E-state index contributed by atoms with van der Waals surface area (Å²) in [5.74, 6) is 1.10. The van der Waals surface area contributed by atoms with E-state index in [9.17, 15) is 0 Å². The molecular weight excluding hydrogens is 240 g/mol. The first-order valence-corrected chi connectivity index (χ1v) is 7.03. The van der Waals surface area contributed by atoms with E-state index in [4.69, 9.17) is 4.42 Å². The lowest BCUT2D eigenvalue weighted by Gasteiger charge is -2.28. The van der Waals surface area contributed by atoms with Crippen molar-refractivity contribution in [1.82, 2.24) is 19.7 Å². The zero-order chi connectivity index (χ0) is 12.9. The standard InChI is InChI=1S/C14H20N4O/c1-2-5-13(14-6-4-10-19-14)17(7-3-1)8-9-18-12-15-11-16-18/h4,6,10-13H,1-3,5,7-9H2. The van der Waals surface area contributed by atoms with Gasteiger partial charge in [0.05, 0.1) is 18.8 Å². The van der Waals surface area contributed by atoms with Crippen LogP contribution in [0.15, 0.2) is 35.5 Å². The van der Waals surface area contributed by atoms with Crippen LogP contribution in [0.1, 0.15) is 37.5 Å². The molecule has 2 aromatic heterocycles. The van der Waals surface area contributed by atoms with E-state index in [0.717, 1.165) is 25.4 Å². The molecule has 0 bridgehead atoms. The van der Waals surface area contributed by atoms with Crippen LogP contribution < -0.4 is 0 Å². The van der Waals surface area contributed by atoms with Gasteiger partial charge >= 0.3 is 0 Å². The van der Waals surface area contributed by atoms with Crippen molar-refractivity contribution in [3.05, 3.63) is 36.8 Å². The van der Waals surface area contributed by atoms with Crippen LogP contribution in [0.2, 0.25) is 0 Å². The van der Waals surface area contributed by atoms with Gasteiger partial charge in [-0.25, -0.2) is 4.98 Å². The summed E-state index contributed by atoms with van der Waals surface area (Å²) >= 11 is 0. The van der Waals surface area contributed by atoms with Gasteiger partial charge in [-0.1, -0.05) is 12.8 Å². The minimum Gasteiger partial charge on any atom is -0.468 e. The first kappa shape index (κ1) is 12.4. The first-order valence-electron chi connectivity index (χ1n) is 7.03. The molecule has 0 spiro atoms. The van der Waals surface area contributed by atoms with Crippen LogP contribution >= 0.6 is 0 Å². The highest BCUT2D eigenvalue weighted by Gasteiger charge is 2.24. The Labute approximate surface area is 113 Å². The Morgan fingerprint density at radius 2 is 2.26 bits per heavy atom. The smallest absolute Gasteiger partial charge is 0.137 e. The monoisotopic (exact) mass is 260 g/mol. The van der Waals surface area contributed by atoms with Gasteiger partial charge in [-0.15, -0.1) is 0 Å². The van der Waals surface area contributed by atoms with Crippen molar-refractivity contribution >= 4 is 0 Å². The van der Waals surface area contributed by atoms with Gasteiger partial charge in [0, 0.05) is 6.54 Å². The van der Waals surface area contributed by atoms with Crippen LogP contribution in [-0.4, -0.2) is 32.8 Å². The van der Waals surface area contributed by atoms with E-state index >= 15 is 0 Å². The Hall–Kier alpha value is -1.62. The van der Waals surface area contributed by atoms with Crippen LogP contribution in [-0.2, 0) is 6.54 Å². The highest BCUT2D eigenvalue weighted by Crippen LogP contribution is 2.30. The summed E-state index contributed by atoms with van der Waals surface area (Å²) in [6, 6.07) is 4.50. The lowest BCUT2D eigenvalue weighted by Crippen LogP contribution is -2.31. The van der Waals surface area contributed by atoms with Gasteiger partial charge in [0.25, 0.3) is 0 Å². The number of hydrogen-bond acceptors (Lipinski definition) is 4. The van der Waals surface area contributed by atoms with Gasteiger partial charge in [0.2, 0.25) is 0 Å². The second-order valence-corrected chi connectivity index (χ2v) is 5.08. The van der Waals surface area contributed by atoms with Crippen molar-refractivity contribution in [3.8, 4) is 0 Å². The number of likely N-dealkylation sites (tertiary alicyclic amines) is 1. The number of hydrogen-bond donors (Lipinski definition) is 0. The molecule has 1 unspecified atom stereocenters. The van der Waals surface area contributed by atoms with Gasteiger partial charge < -0.3 is 4.42 Å². The summed E-state index contributed by atoms with van der Waals surface area (Å²) in [5, 5.41) is 4.17. The van der Waals surface area contributed by atoms with Gasteiger partial charge in [0.1, 0.15) is 18.4 Å². The van der Waals surface area contributed by atoms with E-state index in [1.807, 2.05) is 10.7 Å². The quantitative estimate of drug-likeness (QED) is 0.847. The van der Waals surface area contributed by atoms with Crippen molar-refractivity contribution in [3.63, 3.8) is 0 Å². The highest BCUT2D eigenvalue weighted by atomic mass is 16.3. The molecule has 1 aliphatic rings. The van der Waals surface area contributed by atoms with E-state index in [1.165, 1.54) is 25.7 Å². The Morgan fingerprint density at radius 3 is 3.05 bits per heavy atom.